The zero-order valence-electron chi connectivity index (χ0n) is 10.3. The molecule has 1 fully saturated rings. The van der Waals surface area contributed by atoms with E-state index in [-0.39, 0.29) is 17.6 Å². The van der Waals surface area contributed by atoms with Crippen molar-refractivity contribution in [3.8, 4) is 0 Å². The molecule has 1 aromatic rings. The molecule has 0 aromatic heterocycles. The van der Waals surface area contributed by atoms with Crippen LogP contribution in [0.2, 0.25) is 5.02 Å². The number of hydrogen-bond donors (Lipinski definition) is 1. The molecule has 1 amide bonds. The number of amides is 1. The normalized spacial score (nSPS) is 27.2. The van der Waals surface area contributed by atoms with Crippen molar-refractivity contribution < 1.29 is 9.53 Å². The standard InChI is InChI=1S/C13H15BrClNO2/c1-8-13(2,5-6-18-8)16-12(17)10-7-9(14)3-4-11(10)15/h3-4,7-8H,5-6H2,1-2H3,(H,16,17). The average Bonchev–Trinajstić information content (AvgIpc) is 2.62. The fraction of sp³-hybridized carbons (Fsp3) is 0.462. The Bertz CT molecular complexity index is 480. The average molecular weight is 333 g/mol. The zero-order chi connectivity index (χ0) is 13.3. The minimum atomic E-state index is -0.331. The number of carbonyl (C=O) groups excluding carboxylic acids is 1. The summed E-state index contributed by atoms with van der Waals surface area (Å²) in [7, 11) is 0. The van der Waals surface area contributed by atoms with Crippen molar-refractivity contribution in [2.45, 2.75) is 31.9 Å². The minimum Gasteiger partial charge on any atom is -0.376 e. The molecule has 0 bridgehead atoms. The first-order chi connectivity index (χ1) is 8.42. The van der Waals surface area contributed by atoms with Crippen LogP contribution in [0.4, 0.5) is 0 Å². The van der Waals surface area contributed by atoms with Gasteiger partial charge in [-0.15, -0.1) is 0 Å². The monoisotopic (exact) mass is 331 g/mol. The Morgan fingerprint density at radius 3 is 2.94 bits per heavy atom. The zero-order valence-corrected chi connectivity index (χ0v) is 12.6. The summed E-state index contributed by atoms with van der Waals surface area (Å²) in [5, 5.41) is 3.47. The van der Waals surface area contributed by atoms with Crippen LogP contribution in [0, 0.1) is 0 Å². The second kappa shape index (κ2) is 5.19. The molecule has 0 radical (unpaired) electrons. The molecule has 2 atom stereocenters. The highest BCUT2D eigenvalue weighted by atomic mass is 79.9. The molecule has 1 heterocycles. The van der Waals surface area contributed by atoms with E-state index in [9.17, 15) is 4.79 Å². The maximum Gasteiger partial charge on any atom is 0.253 e. The van der Waals surface area contributed by atoms with Crippen molar-refractivity contribution in [3.05, 3.63) is 33.3 Å². The summed E-state index contributed by atoms with van der Waals surface area (Å²) in [5.74, 6) is -0.166. The molecule has 2 rings (SSSR count). The highest BCUT2D eigenvalue weighted by molar-refractivity contribution is 9.10. The number of hydrogen-bond acceptors (Lipinski definition) is 2. The van der Waals surface area contributed by atoms with E-state index in [2.05, 4.69) is 21.2 Å². The number of rotatable bonds is 2. The molecule has 1 aliphatic rings. The predicted octanol–water partition coefficient (Wildman–Crippen LogP) is 3.40. The van der Waals surface area contributed by atoms with Crippen LogP contribution in [0.5, 0.6) is 0 Å². The molecule has 0 aliphatic carbocycles. The molecule has 1 aliphatic heterocycles. The molecule has 1 aromatic carbocycles. The maximum absolute atomic E-state index is 12.3. The Morgan fingerprint density at radius 1 is 1.61 bits per heavy atom. The van der Waals surface area contributed by atoms with Gasteiger partial charge in [0.1, 0.15) is 0 Å². The fourth-order valence-electron chi connectivity index (χ4n) is 2.00. The van der Waals surface area contributed by atoms with Crippen molar-refractivity contribution >= 4 is 33.4 Å². The second-order valence-electron chi connectivity index (χ2n) is 4.76. The lowest BCUT2D eigenvalue weighted by Crippen LogP contribution is -2.50. The minimum absolute atomic E-state index is 0.00683. The highest BCUT2D eigenvalue weighted by Crippen LogP contribution is 2.27. The Balaban J connectivity index is 2.19. The van der Waals surface area contributed by atoms with Crippen LogP contribution < -0.4 is 5.32 Å². The van der Waals surface area contributed by atoms with Gasteiger partial charge in [-0.2, -0.15) is 0 Å². The largest absolute Gasteiger partial charge is 0.376 e. The Kier molecular flexibility index (Phi) is 3.99. The van der Waals surface area contributed by atoms with E-state index >= 15 is 0 Å². The van der Waals surface area contributed by atoms with Crippen LogP contribution in [0.25, 0.3) is 0 Å². The molecule has 98 valence electrons. The molecule has 3 nitrogen and oxygen atoms in total. The van der Waals surface area contributed by atoms with Crippen LogP contribution in [0.15, 0.2) is 22.7 Å². The number of benzene rings is 1. The molecule has 0 spiro atoms. The first kappa shape index (κ1) is 13.8. The van der Waals surface area contributed by atoms with Crippen LogP contribution in [0.3, 0.4) is 0 Å². The van der Waals surface area contributed by atoms with Gasteiger partial charge in [-0.3, -0.25) is 4.79 Å². The van der Waals surface area contributed by atoms with Crippen molar-refractivity contribution in [2.24, 2.45) is 0 Å². The Morgan fingerprint density at radius 2 is 2.33 bits per heavy atom. The van der Waals surface area contributed by atoms with Gasteiger partial charge in [0.25, 0.3) is 5.91 Å². The quantitative estimate of drug-likeness (QED) is 0.901. The maximum atomic E-state index is 12.3. The van der Waals surface area contributed by atoms with Crippen LogP contribution in [0.1, 0.15) is 30.6 Å². The smallest absolute Gasteiger partial charge is 0.253 e. The molecule has 5 heteroatoms. The van der Waals surface area contributed by atoms with E-state index in [4.69, 9.17) is 16.3 Å². The SMILES string of the molecule is CC1OCCC1(C)NC(=O)c1cc(Br)ccc1Cl. The summed E-state index contributed by atoms with van der Waals surface area (Å²) >= 11 is 9.38. The lowest BCUT2D eigenvalue weighted by molar-refractivity contribution is 0.0727. The van der Waals surface area contributed by atoms with Crippen LogP contribution in [-0.2, 0) is 4.74 Å². The third-order valence-corrected chi connectivity index (χ3v) is 4.28. The summed E-state index contributed by atoms with van der Waals surface area (Å²) in [5.41, 5.74) is 0.147. The molecule has 0 saturated carbocycles. The van der Waals surface area contributed by atoms with E-state index in [0.29, 0.717) is 17.2 Å². The van der Waals surface area contributed by atoms with Gasteiger partial charge >= 0.3 is 0 Å². The first-order valence-corrected chi connectivity index (χ1v) is 6.99. The molecular weight excluding hydrogens is 318 g/mol. The molecule has 1 N–H and O–H groups in total. The van der Waals surface area contributed by atoms with Gasteiger partial charge < -0.3 is 10.1 Å². The molecule has 18 heavy (non-hydrogen) atoms. The summed E-state index contributed by atoms with van der Waals surface area (Å²) in [6.45, 7) is 4.63. The summed E-state index contributed by atoms with van der Waals surface area (Å²) < 4.78 is 6.33. The van der Waals surface area contributed by atoms with E-state index in [1.807, 2.05) is 19.9 Å². The Hall–Kier alpha value is -0.580. The van der Waals surface area contributed by atoms with Gasteiger partial charge in [0.15, 0.2) is 0 Å². The van der Waals surface area contributed by atoms with E-state index < -0.39 is 0 Å². The topological polar surface area (TPSA) is 38.3 Å². The van der Waals surface area contributed by atoms with E-state index in [0.717, 1.165) is 10.9 Å². The lowest BCUT2D eigenvalue weighted by atomic mass is 9.94. The Labute approximate surface area is 120 Å². The summed E-state index contributed by atoms with van der Waals surface area (Å²) in [4.78, 5) is 12.3. The van der Waals surface area contributed by atoms with Gasteiger partial charge in [-0.1, -0.05) is 27.5 Å². The third-order valence-electron chi connectivity index (χ3n) is 3.46. The molecular formula is C13H15BrClNO2. The van der Waals surface area contributed by atoms with Crippen molar-refractivity contribution in [2.75, 3.05) is 6.61 Å². The first-order valence-electron chi connectivity index (χ1n) is 5.81. The van der Waals surface area contributed by atoms with Gasteiger partial charge in [0.2, 0.25) is 0 Å². The molecule has 1 saturated heterocycles. The number of carbonyl (C=O) groups is 1. The predicted molar refractivity (Wildman–Crippen MR) is 75.1 cm³/mol. The van der Waals surface area contributed by atoms with Crippen LogP contribution in [-0.4, -0.2) is 24.2 Å². The van der Waals surface area contributed by atoms with Gasteiger partial charge in [0, 0.05) is 11.1 Å². The second-order valence-corrected chi connectivity index (χ2v) is 6.08. The van der Waals surface area contributed by atoms with Crippen molar-refractivity contribution in [1.82, 2.24) is 5.32 Å². The summed E-state index contributed by atoms with van der Waals surface area (Å²) in [6.07, 6.45) is 0.818. The third kappa shape index (κ3) is 2.71. The fourth-order valence-corrected chi connectivity index (χ4v) is 2.56. The molecule has 2 unspecified atom stereocenters. The van der Waals surface area contributed by atoms with Gasteiger partial charge in [-0.25, -0.2) is 0 Å². The number of nitrogens with one attached hydrogen (secondary N) is 1. The van der Waals surface area contributed by atoms with Crippen LogP contribution >= 0.6 is 27.5 Å². The summed E-state index contributed by atoms with van der Waals surface area (Å²) in [6, 6.07) is 5.24. The van der Waals surface area contributed by atoms with Gasteiger partial charge in [-0.05, 0) is 38.5 Å². The number of ether oxygens (including phenoxy) is 1. The van der Waals surface area contributed by atoms with Gasteiger partial charge in [0.05, 0.1) is 22.2 Å². The lowest BCUT2D eigenvalue weighted by Gasteiger charge is -2.29. The van der Waals surface area contributed by atoms with E-state index in [1.54, 1.807) is 12.1 Å². The van der Waals surface area contributed by atoms with Crippen molar-refractivity contribution in [3.63, 3.8) is 0 Å². The number of halogens is 2. The highest BCUT2D eigenvalue weighted by Gasteiger charge is 2.38. The van der Waals surface area contributed by atoms with E-state index in [1.165, 1.54) is 0 Å². The van der Waals surface area contributed by atoms with Crippen molar-refractivity contribution in [1.29, 1.82) is 0 Å².